The van der Waals surface area contributed by atoms with E-state index in [0.29, 0.717) is 18.4 Å². The maximum Gasteiger partial charge on any atom is 0.220 e. The number of benzene rings is 1. The molecule has 2 nitrogen and oxygen atoms in total. The van der Waals surface area contributed by atoms with Gasteiger partial charge in [0.2, 0.25) is 5.91 Å². The summed E-state index contributed by atoms with van der Waals surface area (Å²) in [6, 6.07) is 6.91. The van der Waals surface area contributed by atoms with Crippen LogP contribution >= 0.6 is 0 Å². The Kier molecular flexibility index (Phi) is 2.99. The van der Waals surface area contributed by atoms with Gasteiger partial charge in [0.05, 0.1) is 0 Å². The number of amides is 1. The first-order valence-corrected chi connectivity index (χ1v) is 5.97. The predicted octanol–water partition coefficient (Wildman–Crippen LogP) is 2.69. The van der Waals surface area contributed by atoms with Gasteiger partial charge in [-0.2, -0.15) is 0 Å². The van der Waals surface area contributed by atoms with Crippen LogP contribution in [0.2, 0.25) is 0 Å². The SMILES string of the molecule is CCC1NC(=O)CC1c1cc(C)cc(C)c1. The molecule has 0 aromatic heterocycles. The van der Waals surface area contributed by atoms with Crippen LogP contribution in [0.1, 0.15) is 42.4 Å². The third kappa shape index (κ3) is 2.11. The predicted molar refractivity (Wildman–Crippen MR) is 65.5 cm³/mol. The number of aryl methyl sites for hydroxylation is 2. The van der Waals surface area contributed by atoms with E-state index in [0.717, 1.165) is 6.42 Å². The third-order valence-electron chi connectivity index (χ3n) is 3.35. The van der Waals surface area contributed by atoms with Crippen LogP contribution in [0.25, 0.3) is 0 Å². The lowest BCUT2D eigenvalue weighted by Crippen LogP contribution is -2.27. The van der Waals surface area contributed by atoms with Gasteiger partial charge in [-0.1, -0.05) is 36.2 Å². The molecule has 0 spiro atoms. The van der Waals surface area contributed by atoms with Crippen molar-refractivity contribution in [3.8, 4) is 0 Å². The first-order chi connectivity index (χ1) is 7.60. The fourth-order valence-corrected chi connectivity index (χ4v) is 2.67. The Morgan fingerprint density at radius 3 is 2.44 bits per heavy atom. The Hall–Kier alpha value is -1.31. The Morgan fingerprint density at radius 2 is 1.88 bits per heavy atom. The molecule has 16 heavy (non-hydrogen) atoms. The van der Waals surface area contributed by atoms with Crippen LogP contribution in [0.15, 0.2) is 18.2 Å². The molecule has 1 aromatic rings. The molecule has 1 N–H and O–H groups in total. The molecule has 2 atom stereocenters. The van der Waals surface area contributed by atoms with Crippen LogP contribution in [0.3, 0.4) is 0 Å². The Balaban J connectivity index is 2.32. The highest BCUT2D eigenvalue weighted by molar-refractivity contribution is 5.80. The number of carbonyl (C=O) groups excluding carboxylic acids is 1. The number of hydrogen-bond acceptors (Lipinski definition) is 1. The molecule has 0 saturated carbocycles. The van der Waals surface area contributed by atoms with E-state index >= 15 is 0 Å². The summed E-state index contributed by atoms with van der Waals surface area (Å²) >= 11 is 0. The Morgan fingerprint density at radius 1 is 1.25 bits per heavy atom. The van der Waals surface area contributed by atoms with Gasteiger partial charge in [0, 0.05) is 18.4 Å². The maximum atomic E-state index is 11.5. The molecule has 0 radical (unpaired) electrons. The van der Waals surface area contributed by atoms with Crippen molar-refractivity contribution in [3.63, 3.8) is 0 Å². The van der Waals surface area contributed by atoms with Crippen molar-refractivity contribution in [2.45, 2.75) is 45.6 Å². The molecule has 0 aliphatic carbocycles. The first kappa shape index (κ1) is 11.2. The summed E-state index contributed by atoms with van der Waals surface area (Å²) in [4.78, 5) is 11.5. The van der Waals surface area contributed by atoms with Gasteiger partial charge in [-0.05, 0) is 25.8 Å². The van der Waals surface area contributed by atoms with Gasteiger partial charge in [0.25, 0.3) is 0 Å². The van der Waals surface area contributed by atoms with Gasteiger partial charge < -0.3 is 5.32 Å². The van der Waals surface area contributed by atoms with Crippen molar-refractivity contribution < 1.29 is 4.79 Å². The van der Waals surface area contributed by atoms with Crippen LogP contribution in [0, 0.1) is 13.8 Å². The van der Waals surface area contributed by atoms with Gasteiger partial charge in [-0.25, -0.2) is 0 Å². The van der Waals surface area contributed by atoms with Gasteiger partial charge >= 0.3 is 0 Å². The normalized spacial score (nSPS) is 24.6. The van der Waals surface area contributed by atoms with E-state index in [1.165, 1.54) is 16.7 Å². The lowest BCUT2D eigenvalue weighted by molar-refractivity contribution is -0.119. The highest BCUT2D eigenvalue weighted by atomic mass is 16.2. The number of nitrogens with one attached hydrogen (secondary N) is 1. The lowest BCUT2D eigenvalue weighted by atomic mass is 9.89. The van der Waals surface area contributed by atoms with E-state index in [2.05, 4.69) is 44.3 Å². The molecule has 1 heterocycles. The fourth-order valence-electron chi connectivity index (χ4n) is 2.67. The van der Waals surface area contributed by atoms with E-state index in [-0.39, 0.29) is 5.91 Å². The van der Waals surface area contributed by atoms with E-state index in [4.69, 9.17) is 0 Å². The monoisotopic (exact) mass is 217 g/mol. The molecule has 1 fully saturated rings. The second-order valence-corrected chi connectivity index (χ2v) is 4.81. The highest BCUT2D eigenvalue weighted by Gasteiger charge is 2.32. The largest absolute Gasteiger partial charge is 0.353 e. The molecule has 2 unspecified atom stereocenters. The van der Waals surface area contributed by atoms with Crippen LogP contribution in [0.4, 0.5) is 0 Å². The van der Waals surface area contributed by atoms with E-state index < -0.39 is 0 Å². The van der Waals surface area contributed by atoms with Gasteiger partial charge in [-0.3, -0.25) is 4.79 Å². The van der Waals surface area contributed by atoms with Crippen LogP contribution in [-0.2, 0) is 4.79 Å². The van der Waals surface area contributed by atoms with Gasteiger partial charge in [-0.15, -0.1) is 0 Å². The standard InChI is InChI=1S/C14H19NO/c1-4-13-12(8-14(16)15-13)11-6-9(2)5-10(3)7-11/h5-7,12-13H,4,8H2,1-3H3,(H,15,16). The Labute approximate surface area is 97.1 Å². The molecule has 1 aromatic carbocycles. The van der Waals surface area contributed by atoms with E-state index in [9.17, 15) is 4.79 Å². The van der Waals surface area contributed by atoms with Crippen molar-refractivity contribution in [1.82, 2.24) is 5.32 Å². The second-order valence-electron chi connectivity index (χ2n) is 4.81. The fraction of sp³-hybridized carbons (Fsp3) is 0.500. The van der Waals surface area contributed by atoms with E-state index in [1.54, 1.807) is 0 Å². The summed E-state index contributed by atoms with van der Waals surface area (Å²) in [5.74, 6) is 0.548. The minimum absolute atomic E-state index is 0.191. The first-order valence-electron chi connectivity index (χ1n) is 5.97. The van der Waals surface area contributed by atoms with Crippen molar-refractivity contribution >= 4 is 5.91 Å². The van der Waals surface area contributed by atoms with Crippen molar-refractivity contribution in [2.24, 2.45) is 0 Å². The van der Waals surface area contributed by atoms with Crippen molar-refractivity contribution in [3.05, 3.63) is 34.9 Å². The zero-order valence-electron chi connectivity index (χ0n) is 10.2. The van der Waals surface area contributed by atoms with Crippen molar-refractivity contribution in [2.75, 3.05) is 0 Å². The quantitative estimate of drug-likeness (QED) is 0.810. The lowest BCUT2D eigenvalue weighted by Gasteiger charge is -2.18. The zero-order chi connectivity index (χ0) is 11.7. The summed E-state index contributed by atoms with van der Waals surface area (Å²) in [5, 5.41) is 3.05. The molecule has 86 valence electrons. The minimum atomic E-state index is 0.191. The summed E-state index contributed by atoms with van der Waals surface area (Å²) in [7, 11) is 0. The number of rotatable bonds is 2. The van der Waals surface area contributed by atoms with Crippen LogP contribution in [0.5, 0.6) is 0 Å². The number of hydrogen-bond donors (Lipinski definition) is 1. The molecule has 2 rings (SSSR count). The zero-order valence-corrected chi connectivity index (χ0v) is 10.2. The summed E-state index contributed by atoms with van der Waals surface area (Å²) < 4.78 is 0. The van der Waals surface area contributed by atoms with Crippen LogP contribution < -0.4 is 5.32 Å². The Bertz CT molecular complexity index is 391. The molecular formula is C14H19NO. The summed E-state index contributed by atoms with van der Waals surface area (Å²) in [5.41, 5.74) is 3.87. The maximum absolute atomic E-state index is 11.5. The number of carbonyl (C=O) groups is 1. The van der Waals surface area contributed by atoms with Crippen LogP contribution in [-0.4, -0.2) is 11.9 Å². The smallest absolute Gasteiger partial charge is 0.220 e. The molecule has 1 aliphatic heterocycles. The summed E-state index contributed by atoms with van der Waals surface area (Å²) in [6.07, 6.45) is 1.64. The molecule has 1 amide bonds. The summed E-state index contributed by atoms with van der Waals surface area (Å²) in [6.45, 7) is 6.36. The van der Waals surface area contributed by atoms with E-state index in [1.807, 2.05) is 0 Å². The second kappa shape index (κ2) is 4.28. The third-order valence-corrected chi connectivity index (χ3v) is 3.35. The molecule has 0 bridgehead atoms. The molecule has 1 aliphatic rings. The minimum Gasteiger partial charge on any atom is -0.353 e. The molecular weight excluding hydrogens is 198 g/mol. The van der Waals surface area contributed by atoms with Gasteiger partial charge in [0.15, 0.2) is 0 Å². The average Bonchev–Trinajstić information content (AvgIpc) is 2.58. The van der Waals surface area contributed by atoms with Gasteiger partial charge in [0.1, 0.15) is 0 Å². The molecule has 1 saturated heterocycles. The highest BCUT2D eigenvalue weighted by Crippen LogP contribution is 2.31. The molecule has 2 heteroatoms. The topological polar surface area (TPSA) is 29.1 Å². The van der Waals surface area contributed by atoms with Crippen molar-refractivity contribution in [1.29, 1.82) is 0 Å². The average molecular weight is 217 g/mol.